The number of anilines is 1. The van der Waals surface area contributed by atoms with E-state index in [-0.39, 0.29) is 12.5 Å². The van der Waals surface area contributed by atoms with Gasteiger partial charge in [0.15, 0.2) is 5.82 Å². The van der Waals surface area contributed by atoms with Gasteiger partial charge in [0.25, 0.3) is 5.91 Å². The van der Waals surface area contributed by atoms with Gasteiger partial charge in [0.2, 0.25) is 6.39 Å². The van der Waals surface area contributed by atoms with E-state index in [9.17, 15) is 4.79 Å². The Morgan fingerprint density at radius 2 is 2.32 bits per heavy atom. The van der Waals surface area contributed by atoms with Crippen LogP contribution in [0.2, 0.25) is 0 Å². The molecule has 2 N–H and O–H groups in total. The molecule has 0 radical (unpaired) electrons. The Kier molecular flexibility index (Phi) is 4.44. The summed E-state index contributed by atoms with van der Waals surface area (Å²) in [6, 6.07) is 3.53. The first-order valence-corrected chi connectivity index (χ1v) is 6.03. The molecular weight excluding hydrogens is 246 g/mol. The number of amides is 1. The Morgan fingerprint density at radius 3 is 3.05 bits per heavy atom. The van der Waals surface area contributed by atoms with Gasteiger partial charge < -0.3 is 15.2 Å². The Bertz CT molecular complexity index is 527. The van der Waals surface area contributed by atoms with Crippen molar-refractivity contribution in [1.29, 1.82) is 0 Å². The van der Waals surface area contributed by atoms with E-state index in [0.29, 0.717) is 11.5 Å². The van der Waals surface area contributed by atoms with Crippen molar-refractivity contribution in [2.75, 3.05) is 11.9 Å². The van der Waals surface area contributed by atoms with Gasteiger partial charge in [0, 0.05) is 18.4 Å². The molecule has 0 aliphatic carbocycles. The van der Waals surface area contributed by atoms with E-state index in [2.05, 4.69) is 37.2 Å². The average molecular weight is 261 g/mol. The number of carbonyl (C=O) groups excluding carboxylic acids is 1. The minimum atomic E-state index is -0.273. The number of hydrogen-bond acceptors (Lipinski definition) is 6. The molecular formula is C12H15N5O2. The summed E-state index contributed by atoms with van der Waals surface area (Å²) in [7, 11) is 0. The standard InChI is InChI=1S/C12H15N5O2/c1-2-4-13-9-3-5-14-10(6-9)12(18)15-7-11-16-8-19-17-11/h3,5-6,8H,2,4,7H2,1H3,(H,13,14)(H,15,18). The Hall–Kier alpha value is -2.44. The summed E-state index contributed by atoms with van der Waals surface area (Å²) < 4.78 is 4.58. The van der Waals surface area contributed by atoms with E-state index < -0.39 is 0 Å². The van der Waals surface area contributed by atoms with E-state index in [4.69, 9.17) is 0 Å². The lowest BCUT2D eigenvalue weighted by molar-refractivity contribution is 0.0944. The molecule has 7 nitrogen and oxygen atoms in total. The summed E-state index contributed by atoms with van der Waals surface area (Å²) in [6.07, 6.45) is 3.83. The smallest absolute Gasteiger partial charge is 0.270 e. The first kappa shape index (κ1) is 13.0. The minimum Gasteiger partial charge on any atom is -0.385 e. The number of aromatic nitrogens is 3. The summed E-state index contributed by atoms with van der Waals surface area (Å²) in [5, 5.41) is 9.48. The Morgan fingerprint density at radius 1 is 1.42 bits per heavy atom. The number of carbonyl (C=O) groups is 1. The van der Waals surface area contributed by atoms with Crippen LogP contribution in [-0.4, -0.2) is 27.6 Å². The molecule has 0 fully saturated rings. The molecule has 0 atom stereocenters. The molecule has 0 bridgehead atoms. The van der Waals surface area contributed by atoms with Gasteiger partial charge in [-0.1, -0.05) is 12.1 Å². The largest absolute Gasteiger partial charge is 0.385 e. The fraction of sp³-hybridized carbons (Fsp3) is 0.333. The highest BCUT2D eigenvalue weighted by molar-refractivity contribution is 5.92. The molecule has 0 aliphatic heterocycles. The van der Waals surface area contributed by atoms with E-state index in [1.165, 1.54) is 6.39 Å². The highest BCUT2D eigenvalue weighted by atomic mass is 16.5. The van der Waals surface area contributed by atoms with Crippen LogP contribution in [0.4, 0.5) is 5.69 Å². The fourth-order valence-electron chi connectivity index (χ4n) is 1.45. The average Bonchev–Trinajstić information content (AvgIpc) is 2.96. The van der Waals surface area contributed by atoms with Gasteiger partial charge in [-0.05, 0) is 18.6 Å². The van der Waals surface area contributed by atoms with Crippen molar-refractivity contribution in [2.24, 2.45) is 0 Å². The zero-order valence-corrected chi connectivity index (χ0v) is 10.6. The monoisotopic (exact) mass is 261 g/mol. The molecule has 0 aromatic carbocycles. The van der Waals surface area contributed by atoms with Crippen molar-refractivity contribution < 1.29 is 9.32 Å². The number of nitrogens with zero attached hydrogens (tertiary/aromatic N) is 3. The van der Waals surface area contributed by atoms with E-state index in [0.717, 1.165) is 18.7 Å². The lowest BCUT2D eigenvalue weighted by Crippen LogP contribution is -2.24. The zero-order chi connectivity index (χ0) is 13.5. The Balaban J connectivity index is 1.94. The van der Waals surface area contributed by atoms with Crippen LogP contribution in [0.25, 0.3) is 0 Å². The Labute approximate surface area is 110 Å². The molecule has 0 spiro atoms. The van der Waals surface area contributed by atoms with Crippen LogP contribution >= 0.6 is 0 Å². The fourth-order valence-corrected chi connectivity index (χ4v) is 1.45. The molecule has 0 saturated heterocycles. The molecule has 2 rings (SSSR count). The molecule has 2 aromatic rings. The molecule has 0 aliphatic rings. The summed E-state index contributed by atoms with van der Waals surface area (Å²) in [4.78, 5) is 19.7. The summed E-state index contributed by atoms with van der Waals surface area (Å²) >= 11 is 0. The predicted molar refractivity (Wildman–Crippen MR) is 68.5 cm³/mol. The van der Waals surface area contributed by atoms with E-state index in [1.807, 2.05) is 6.07 Å². The van der Waals surface area contributed by atoms with Gasteiger partial charge in [0.1, 0.15) is 5.69 Å². The van der Waals surface area contributed by atoms with Gasteiger partial charge >= 0.3 is 0 Å². The predicted octanol–water partition coefficient (Wildman–Crippen LogP) is 1.22. The first-order chi connectivity index (χ1) is 9.29. The number of nitrogens with one attached hydrogen (secondary N) is 2. The third-order valence-corrected chi connectivity index (χ3v) is 2.39. The minimum absolute atomic E-state index is 0.212. The second kappa shape index (κ2) is 6.48. The maximum Gasteiger partial charge on any atom is 0.270 e. The van der Waals surface area contributed by atoms with Crippen molar-refractivity contribution in [3.8, 4) is 0 Å². The van der Waals surface area contributed by atoms with Gasteiger partial charge in [-0.15, -0.1) is 0 Å². The van der Waals surface area contributed by atoms with Crippen LogP contribution in [0.5, 0.6) is 0 Å². The van der Waals surface area contributed by atoms with Crippen LogP contribution in [0.1, 0.15) is 29.7 Å². The van der Waals surface area contributed by atoms with Crippen LogP contribution in [0, 0.1) is 0 Å². The highest BCUT2D eigenvalue weighted by Gasteiger charge is 2.08. The van der Waals surface area contributed by atoms with Crippen molar-refractivity contribution >= 4 is 11.6 Å². The van der Waals surface area contributed by atoms with Gasteiger partial charge in [0.05, 0.1) is 6.54 Å². The summed E-state index contributed by atoms with van der Waals surface area (Å²) in [6.45, 7) is 3.14. The van der Waals surface area contributed by atoms with Crippen LogP contribution in [0.15, 0.2) is 29.2 Å². The summed E-state index contributed by atoms with van der Waals surface area (Å²) in [5.41, 5.74) is 1.23. The van der Waals surface area contributed by atoms with E-state index >= 15 is 0 Å². The maximum atomic E-state index is 11.9. The third-order valence-electron chi connectivity index (χ3n) is 2.39. The van der Waals surface area contributed by atoms with Crippen LogP contribution in [0.3, 0.4) is 0 Å². The second-order valence-electron chi connectivity index (χ2n) is 3.89. The highest BCUT2D eigenvalue weighted by Crippen LogP contribution is 2.08. The lowest BCUT2D eigenvalue weighted by atomic mass is 10.3. The lowest BCUT2D eigenvalue weighted by Gasteiger charge is -2.06. The second-order valence-corrected chi connectivity index (χ2v) is 3.89. The van der Waals surface area contributed by atoms with Crippen LogP contribution < -0.4 is 10.6 Å². The van der Waals surface area contributed by atoms with Gasteiger partial charge in [-0.25, -0.2) is 0 Å². The zero-order valence-electron chi connectivity index (χ0n) is 10.6. The normalized spacial score (nSPS) is 10.2. The van der Waals surface area contributed by atoms with Crippen LogP contribution in [-0.2, 0) is 6.54 Å². The number of rotatable bonds is 6. The topological polar surface area (TPSA) is 92.9 Å². The third kappa shape index (κ3) is 3.77. The van der Waals surface area contributed by atoms with Crippen molar-refractivity contribution in [2.45, 2.75) is 19.9 Å². The van der Waals surface area contributed by atoms with Gasteiger partial charge in [-0.2, -0.15) is 4.98 Å². The van der Waals surface area contributed by atoms with Crippen molar-refractivity contribution in [3.63, 3.8) is 0 Å². The van der Waals surface area contributed by atoms with Crippen molar-refractivity contribution in [3.05, 3.63) is 36.2 Å². The molecule has 0 saturated carbocycles. The maximum absolute atomic E-state index is 11.9. The molecule has 0 unspecified atom stereocenters. The number of hydrogen-bond donors (Lipinski definition) is 2. The summed E-state index contributed by atoms with van der Waals surface area (Å²) in [5.74, 6) is 0.151. The molecule has 19 heavy (non-hydrogen) atoms. The molecule has 1 amide bonds. The SMILES string of the molecule is CCCNc1ccnc(C(=O)NCc2ncon2)c1. The first-order valence-electron chi connectivity index (χ1n) is 6.03. The molecule has 2 aromatic heterocycles. The molecule has 7 heteroatoms. The van der Waals surface area contributed by atoms with Crippen molar-refractivity contribution in [1.82, 2.24) is 20.4 Å². The molecule has 100 valence electrons. The van der Waals surface area contributed by atoms with Gasteiger partial charge in [-0.3, -0.25) is 9.78 Å². The quantitative estimate of drug-likeness (QED) is 0.812. The van der Waals surface area contributed by atoms with E-state index in [1.54, 1.807) is 12.3 Å². The number of pyridine rings is 1. The molecule has 2 heterocycles.